The summed E-state index contributed by atoms with van der Waals surface area (Å²) in [4.78, 5) is 33.7. The van der Waals surface area contributed by atoms with Crippen molar-refractivity contribution in [2.45, 2.75) is 26.9 Å². The molecule has 4 aromatic heterocycles. The van der Waals surface area contributed by atoms with Crippen LogP contribution in [-0.2, 0) is 20.1 Å². The quantitative estimate of drug-likeness (QED) is 0.466. The van der Waals surface area contributed by atoms with Gasteiger partial charge in [-0.1, -0.05) is 32.0 Å². The number of benzene rings is 1. The molecule has 1 aromatic carbocycles. The summed E-state index contributed by atoms with van der Waals surface area (Å²) in [5.74, 6) is 0.218. The lowest BCUT2D eigenvalue weighted by Crippen LogP contribution is -2.38. The molecule has 0 saturated carbocycles. The third-order valence-corrected chi connectivity index (χ3v) is 5.72. The van der Waals surface area contributed by atoms with E-state index >= 15 is 0 Å². The largest absolute Gasteiger partial charge is 0.361 e. The van der Waals surface area contributed by atoms with Gasteiger partial charge in [-0.3, -0.25) is 23.6 Å². The second-order valence-electron chi connectivity index (χ2n) is 8.45. The minimum absolute atomic E-state index is 0.218. The molecular weight excluding hydrogens is 404 g/mol. The van der Waals surface area contributed by atoms with Crippen molar-refractivity contribution in [1.29, 1.82) is 0 Å². The van der Waals surface area contributed by atoms with Crippen LogP contribution in [0.4, 0.5) is 0 Å². The molecular formula is C24H24N6O2. The Bertz CT molecular complexity index is 1550. The number of nitrogens with one attached hydrogen (secondary N) is 1. The molecule has 1 N–H and O–H groups in total. The molecule has 0 aliphatic rings. The van der Waals surface area contributed by atoms with Gasteiger partial charge in [0.15, 0.2) is 5.65 Å². The Balaban J connectivity index is 1.84. The zero-order chi connectivity index (χ0) is 22.4. The van der Waals surface area contributed by atoms with Gasteiger partial charge in [-0.25, -0.2) is 4.79 Å². The Morgan fingerprint density at radius 1 is 1.06 bits per heavy atom. The summed E-state index contributed by atoms with van der Waals surface area (Å²) in [5, 5.41) is 6.37. The number of hydrogen-bond acceptors (Lipinski definition) is 4. The first-order valence-corrected chi connectivity index (χ1v) is 10.6. The minimum Gasteiger partial charge on any atom is -0.361 e. The maximum atomic E-state index is 13.3. The molecule has 0 atom stereocenters. The first-order valence-electron chi connectivity index (χ1n) is 10.6. The van der Waals surface area contributed by atoms with Crippen LogP contribution in [-0.4, -0.2) is 28.9 Å². The SMILES string of the molecule is CC(C)Cn1c(=O)n(C)c(=O)c2c(-c3ccncc3)n(Cc3cccc4cc[nH]c34)nc21. The van der Waals surface area contributed by atoms with Gasteiger partial charge in [0.25, 0.3) is 5.56 Å². The van der Waals surface area contributed by atoms with Crippen molar-refractivity contribution in [3.05, 3.63) is 81.4 Å². The zero-order valence-electron chi connectivity index (χ0n) is 18.2. The van der Waals surface area contributed by atoms with Crippen LogP contribution in [0.1, 0.15) is 19.4 Å². The lowest BCUT2D eigenvalue weighted by Gasteiger charge is -2.11. The number of aromatic amines is 1. The molecule has 0 fully saturated rings. The Hall–Kier alpha value is -3.94. The summed E-state index contributed by atoms with van der Waals surface area (Å²) in [6.45, 7) is 5.00. The molecule has 0 spiro atoms. The summed E-state index contributed by atoms with van der Waals surface area (Å²) in [6, 6.07) is 11.8. The van der Waals surface area contributed by atoms with Crippen molar-refractivity contribution in [2.75, 3.05) is 0 Å². The number of nitrogens with zero attached hydrogens (tertiary/aromatic N) is 5. The van der Waals surface area contributed by atoms with Crippen molar-refractivity contribution in [2.24, 2.45) is 13.0 Å². The van der Waals surface area contributed by atoms with Gasteiger partial charge < -0.3 is 4.98 Å². The molecule has 0 aliphatic carbocycles. The van der Waals surface area contributed by atoms with E-state index in [1.165, 1.54) is 11.6 Å². The third-order valence-electron chi connectivity index (χ3n) is 5.72. The Morgan fingerprint density at radius 2 is 1.84 bits per heavy atom. The Labute approximate surface area is 183 Å². The number of para-hydroxylation sites is 1. The van der Waals surface area contributed by atoms with Crippen molar-refractivity contribution >= 4 is 21.9 Å². The Kier molecular flexibility index (Phi) is 4.77. The van der Waals surface area contributed by atoms with E-state index in [1.54, 1.807) is 17.0 Å². The smallest absolute Gasteiger partial charge is 0.332 e. The maximum Gasteiger partial charge on any atom is 0.332 e. The average molecular weight is 428 g/mol. The maximum absolute atomic E-state index is 13.3. The van der Waals surface area contributed by atoms with Crippen LogP contribution in [0.5, 0.6) is 0 Å². The molecule has 0 saturated heterocycles. The third kappa shape index (κ3) is 3.15. The molecule has 5 rings (SSSR count). The van der Waals surface area contributed by atoms with Crippen LogP contribution in [0, 0.1) is 5.92 Å². The first kappa shape index (κ1) is 20.0. The molecule has 162 valence electrons. The van der Waals surface area contributed by atoms with Gasteiger partial charge in [-0.2, -0.15) is 5.10 Å². The number of H-pyrrole nitrogens is 1. The van der Waals surface area contributed by atoms with Gasteiger partial charge in [0.1, 0.15) is 5.39 Å². The van der Waals surface area contributed by atoms with Gasteiger partial charge >= 0.3 is 5.69 Å². The molecule has 0 radical (unpaired) electrons. The van der Waals surface area contributed by atoms with Crippen LogP contribution in [0.15, 0.2) is 64.6 Å². The van der Waals surface area contributed by atoms with E-state index < -0.39 is 0 Å². The number of fused-ring (bicyclic) bond motifs is 2. The van der Waals surface area contributed by atoms with Crippen molar-refractivity contribution in [3.63, 3.8) is 0 Å². The van der Waals surface area contributed by atoms with E-state index in [1.807, 2.05) is 55.1 Å². The van der Waals surface area contributed by atoms with E-state index in [4.69, 9.17) is 5.10 Å². The van der Waals surface area contributed by atoms with Crippen LogP contribution in [0.25, 0.3) is 33.2 Å². The summed E-state index contributed by atoms with van der Waals surface area (Å²) in [5.41, 5.74) is 3.30. The standard InChI is InChI=1S/C24H24N6O2/c1-15(2)13-29-22-19(23(31)28(3)24(29)32)21(17-7-10-25-11-8-17)30(27-22)14-18-6-4-5-16-9-12-26-20(16)18/h4-12,15,26H,13-14H2,1-3H3. The highest BCUT2D eigenvalue weighted by atomic mass is 16.2. The van der Waals surface area contributed by atoms with Crippen LogP contribution in [0.3, 0.4) is 0 Å². The molecule has 0 unspecified atom stereocenters. The summed E-state index contributed by atoms with van der Waals surface area (Å²) < 4.78 is 4.61. The predicted molar refractivity (Wildman–Crippen MR) is 125 cm³/mol. The van der Waals surface area contributed by atoms with Gasteiger partial charge in [-0.15, -0.1) is 0 Å². The monoisotopic (exact) mass is 428 g/mol. The highest BCUT2D eigenvalue weighted by Crippen LogP contribution is 2.28. The molecule has 0 amide bonds. The molecule has 32 heavy (non-hydrogen) atoms. The highest BCUT2D eigenvalue weighted by Gasteiger charge is 2.23. The van der Waals surface area contributed by atoms with Crippen LogP contribution < -0.4 is 11.2 Å². The minimum atomic E-state index is -0.353. The van der Waals surface area contributed by atoms with E-state index in [0.29, 0.717) is 29.8 Å². The summed E-state index contributed by atoms with van der Waals surface area (Å²) >= 11 is 0. The molecule has 0 bridgehead atoms. The number of aromatic nitrogens is 6. The summed E-state index contributed by atoms with van der Waals surface area (Å²) in [6.07, 6.45) is 5.30. The van der Waals surface area contributed by atoms with Crippen molar-refractivity contribution in [3.8, 4) is 11.3 Å². The second kappa shape index (κ2) is 7.64. The van der Waals surface area contributed by atoms with E-state index in [9.17, 15) is 9.59 Å². The fraction of sp³-hybridized carbons (Fsp3) is 0.250. The first-order chi connectivity index (χ1) is 15.5. The number of rotatable bonds is 5. The van der Waals surface area contributed by atoms with Crippen LogP contribution in [0.2, 0.25) is 0 Å². The fourth-order valence-corrected chi connectivity index (χ4v) is 4.25. The normalized spacial score (nSPS) is 11.8. The van der Waals surface area contributed by atoms with Crippen LogP contribution >= 0.6 is 0 Å². The molecule has 0 aliphatic heterocycles. The zero-order valence-corrected chi connectivity index (χ0v) is 18.2. The molecule has 8 heteroatoms. The lowest BCUT2D eigenvalue weighted by molar-refractivity contribution is 0.498. The fourth-order valence-electron chi connectivity index (χ4n) is 4.25. The predicted octanol–water partition coefficient (Wildman–Crippen LogP) is 3.14. The van der Waals surface area contributed by atoms with Crippen molar-refractivity contribution < 1.29 is 0 Å². The molecule has 4 heterocycles. The molecule has 8 nitrogen and oxygen atoms in total. The number of hydrogen-bond donors (Lipinski definition) is 1. The summed E-state index contributed by atoms with van der Waals surface area (Å²) in [7, 11) is 1.52. The molecule has 5 aromatic rings. The average Bonchev–Trinajstić information content (AvgIpc) is 3.41. The van der Waals surface area contributed by atoms with Gasteiger partial charge in [0.05, 0.1) is 17.8 Å². The van der Waals surface area contributed by atoms with Gasteiger partial charge in [0, 0.05) is 37.7 Å². The van der Waals surface area contributed by atoms with E-state index in [2.05, 4.69) is 16.0 Å². The lowest BCUT2D eigenvalue weighted by atomic mass is 10.1. The highest BCUT2D eigenvalue weighted by molar-refractivity contribution is 5.91. The van der Waals surface area contributed by atoms with E-state index in [0.717, 1.165) is 22.0 Å². The second-order valence-corrected chi connectivity index (χ2v) is 8.45. The van der Waals surface area contributed by atoms with Crippen molar-refractivity contribution in [1.82, 2.24) is 28.9 Å². The number of pyridine rings is 1. The van der Waals surface area contributed by atoms with E-state index in [-0.39, 0.29) is 17.2 Å². The topological polar surface area (TPSA) is 90.5 Å². The van der Waals surface area contributed by atoms with Gasteiger partial charge in [0.2, 0.25) is 0 Å². The van der Waals surface area contributed by atoms with Gasteiger partial charge in [-0.05, 0) is 35.1 Å². The Morgan fingerprint density at radius 3 is 2.59 bits per heavy atom.